The molecule has 1 N–H and O–H groups in total. The molecule has 0 aliphatic rings. The largest absolute Gasteiger partial charge is 0.497 e. The van der Waals surface area contributed by atoms with Crippen LogP contribution in [0, 0.1) is 0 Å². The van der Waals surface area contributed by atoms with Gasteiger partial charge in [-0.15, -0.1) is 0 Å². The second-order valence-electron chi connectivity index (χ2n) is 4.62. The van der Waals surface area contributed by atoms with Crippen LogP contribution in [0.4, 0.5) is 0 Å². The normalized spacial score (nSPS) is 10.5. The van der Waals surface area contributed by atoms with Crippen LogP contribution < -0.4 is 19.6 Å². The van der Waals surface area contributed by atoms with E-state index in [-0.39, 0.29) is 12.5 Å². The molecule has 0 atom stereocenters. The van der Waals surface area contributed by atoms with E-state index in [9.17, 15) is 4.79 Å². The number of ether oxygens (including phenoxy) is 3. The van der Waals surface area contributed by atoms with Gasteiger partial charge in [0.2, 0.25) is 0 Å². The number of rotatable bonds is 7. The van der Waals surface area contributed by atoms with Crippen molar-refractivity contribution in [3.05, 3.63) is 52.5 Å². The Morgan fingerprint density at radius 1 is 1.17 bits per heavy atom. The highest BCUT2D eigenvalue weighted by Gasteiger charge is 2.06. The van der Waals surface area contributed by atoms with Crippen molar-refractivity contribution < 1.29 is 19.0 Å². The lowest BCUT2D eigenvalue weighted by Crippen LogP contribution is -2.24. The zero-order valence-electron chi connectivity index (χ0n) is 13.3. The minimum absolute atomic E-state index is 0.159. The highest BCUT2D eigenvalue weighted by Crippen LogP contribution is 2.28. The molecule has 0 spiro atoms. The molecule has 126 valence electrons. The fraction of sp³-hybridized carbons (Fsp3) is 0.176. The van der Waals surface area contributed by atoms with Gasteiger partial charge in [0.1, 0.15) is 17.2 Å². The molecule has 0 aliphatic carbocycles. The van der Waals surface area contributed by atoms with Gasteiger partial charge in [0.25, 0.3) is 5.91 Å². The fourth-order valence-corrected chi connectivity index (χ4v) is 2.32. The minimum atomic E-state index is -0.371. The molecular weight excluding hydrogens is 376 g/mol. The monoisotopic (exact) mass is 392 g/mol. The molecule has 1 amide bonds. The van der Waals surface area contributed by atoms with Crippen LogP contribution >= 0.6 is 15.9 Å². The van der Waals surface area contributed by atoms with Crippen LogP contribution in [0.25, 0.3) is 0 Å². The highest BCUT2D eigenvalue weighted by molar-refractivity contribution is 9.10. The smallest absolute Gasteiger partial charge is 0.277 e. The molecule has 7 heteroatoms. The van der Waals surface area contributed by atoms with Crippen LogP contribution in [-0.2, 0) is 4.79 Å². The molecule has 2 aromatic rings. The van der Waals surface area contributed by atoms with Crippen LogP contribution in [0.1, 0.15) is 5.56 Å². The van der Waals surface area contributed by atoms with Crippen molar-refractivity contribution in [3.8, 4) is 17.2 Å². The summed E-state index contributed by atoms with van der Waals surface area (Å²) in [6.07, 6.45) is 1.51. The van der Waals surface area contributed by atoms with Crippen molar-refractivity contribution in [1.29, 1.82) is 0 Å². The van der Waals surface area contributed by atoms with Crippen molar-refractivity contribution in [3.63, 3.8) is 0 Å². The number of hydrogen-bond donors (Lipinski definition) is 1. The average Bonchev–Trinajstić information content (AvgIpc) is 2.61. The van der Waals surface area contributed by atoms with Crippen molar-refractivity contribution in [2.75, 3.05) is 20.8 Å². The first-order valence-corrected chi connectivity index (χ1v) is 7.84. The predicted molar refractivity (Wildman–Crippen MR) is 94.9 cm³/mol. The number of carbonyl (C=O) groups is 1. The van der Waals surface area contributed by atoms with Crippen LogP contribution in [0.5, 0.6) is 17.2 Å². The van der Waals surface area contributed by atoms with Gasteiger partial charge in [-0.1, -0.05) is 12.1 Å². The molecular formula is C17H17BrN2O4. The second kappa shape index (κ2) is 8.93. The van der Waals surface area contributed by atoms with Gasteiger partial charge in [-0.3, -0.25) is 4.79 Å². The Morgan fingerprint density at radius 2 is 1.96 bits per heavy atom. The van der Waals surface area contributed by atoms with E-state index in [0.717, 1.165) is 5.56 Å². The molecule has 0 aromatic heterocycles. The number of benzene rings is 2. The first kappa shape index (κ1) is 17.8. The lowest BCUT2D eigenvalue weighted by Gasteiger charge is -2.08. The number of nitrogens with one attached hydrogen (secondary N) is 1. The van der Waals surface area contributed by atoms with E-state index in [1.165, 1.54) is 6.21 Å². The Hall–Kier alpha value is -2.54. The number of para-hydroxylation sites is 1. The van der Waals surface area contributed by atoms with Crippen LogP contribution in [0.15, 0.2) is 52.0 Å². The third kappa shape index (κ3) is 4.99. The van der Waals surface area contributed by atoms with E-state index in [1.54, 1.807) is 32.4 Å². The molecule has 0 saturated carbocycles. The van der Waals surface area contributed by atoms with Gasteiger partial charge >= 0.3 is 0 Å². The van der Waals surface area contributed by atoms with E-state index in [2.05, 4.69) is 26.5 Å². The Morgan fingerprint density at radius 3 is 2.67 bits per heavy atom. The Balaban J connectivity index is 1.86. The molecule has 0 bridgehead atoms. The van der Waals surface area contributed by atoms with Gasteiger partial charge in [-0.25, -0.2) is 5.43 Å². The summed E-state index contributed by atoms with van der Waals surface area (Å²) in [5.41, 5.74) is 3.17. The maximum Gasteiger partial charge on any atom is 0.277 e. The highest BCUT2D eigenvalue weighted by atomic mass is 79.9. The van der Waals surface area contributed by atoms with Gasteiger partial charge in [-0.2, -0.15) is 5.10 Å². The molecule has 0 aliphatic heterocycles. The van der Waals surface area contributed by atoms with Crippen LogP contribution in [-0.4, -0.2) is 32.9 Å². The minimum Gasteiger partial charge on any atom is -0.497 e. The molecule has 24 heavy (non-hydrogen) atoms. The summed E-state index contributed by atoms with van der Waals surface area (Å²) in [7, 11) is 3.15. The average molecular weight is 393 g/mol. The number of amides is 1. The summed E-state index contributed by atoms with van der Waals surface area (Å²) in [4.78, 5) is 11.8. The number of nitrogens with zero attached hydrogens (tertiary/aromatic N) is 1. The van der Waals surface area contributed by atoms with E-state index < -0.39 is 0 Å². The third-order valence-corrected chi connectivity index (χ3v) is 3.65. The molecule has 0 heterocycles. The van der Waals surface area contributed by atoms with E-state index in [1.807, 2.05) is 24.3 Å². The standard InChI is InChI=1S/C17H17BrN2O4/c1-22-13-7-8-16(14(18)9-13)24-11-17(21)20-19-10-12-5-3-4-6-15(12)23-2/h3-10H,11H2,1-2H3,(H,20,21)/b19-10-. The van der Waals surface area contributed by atoms with Crippen LogP contribution in [0.3, 0.4) is 0 Å². The maximum absolute atomic E-state index is 11.8. The van der Waals surface area contributed by atoms with Gasteiger partial charge < -0.3 is 14.2 Å². The number of hydrazone groups is 1. The summed E-state index contributed by atoms with van der Waals surface area (Å²) < 4.78 is 16.4. The van der Waals surface area contributed by atoms with E-state index in [4.69, 9.17) is 14.2 Å². The lowest BCUT2D eigenvalue weighted by molar-refractivity contribution is -0.123. The second-order valence-corrected chi connectivity index (χ2v) is 5.47. The maximum atomic E-state index is 11.8. The van der Waals surface area contributed by atoms with E-state index >= 15 is 0 Å². The first-order valence-electron chi connectivity index (χ1n) is 7.05. The lowest BCUT2D eigenvalue weighted by atomic mass is 10.2. The number of halogens is 1. The Labute approximate surface area is 148 Å². The quantitative estimate of drug-likeness (QED) is 0.580. The van der Waals surface area contributed by atoms with Gasteiger partial charge in [-0.05, 0) is 46.3 Å². The van der Waals surface area contributed by atoms with Crippen molar-refractivity contribution in [1.82, 2.24) is 5.43 Å². The Bertz CT molecular complexity index is 734. The van der Waals surface area contributed by atoms with Crippen molar-refractivity contribution in [2.45, 2.75) is 0 Å². The topological polar surface area (TPSA) is 69.2 Å². The van der Waals surface area contributed by atoms with Gasteiger partial charge in [0.15, 0.2) is 6.61 Å². The number of methoxy groups -OCH3 is 2. The number of hydrogen-bond acceptors (Lipinski definition) is 5. The summed E-state index contributed by atoms with van der Waals surface area (Å²) in [5.74, 6) is 1.54. The zero-order chi connectivity index (χ0) is 17.4. The van der Waals surface area contributed by atoms with Crippen LogP contribution in [0.2, 0.25) is 0 Å². The summed E-state index contributed by atoms with van der Waals surface area (Å²) >= 11 is 3.36. The van der Waals surface area contributed by atoms with E-state index in [0.29, 0.717) is 21.7 Å². The number of carbonyl (C=O) groups excluding carboxylic acids is 1. The fourth-order valence-electron chi connectivity index (χ4n) is 1.85. The third-order valence-electron chi connectivity index (χ3n) is 3.03. The zero-order valence-corrected chi connectivity index (χ0v) is 14.9. The van der Waals surface area contributed by atoms with Gasteiger partial charge in [0.05, 0.1) is 24.9 Å². The Kier molecular flexibility index (Phi) is 6.62. The molecule has 6 nitrogen and oxygen atoms in total. The molecule has 2 rings (SSSR count). The molecule has 0 radical (unpaired) electrons. The summed E-state index contributed by atoms with van der Waals surface area (Å²) in [6, 6.07) is 12.6. The predicted octanol–water partition coefficient (Wildman–Crippen LogP) is 3.00. The van der Waals surface area contributed by atoms with Crippen molar-refractivity contribution >= 4 is 28.1 Å². The summed E-state index contributed by atoms with van der Waals surface area (Å²) in [5, 5.41) is 3.90. The summed E-state index contributed by atoms with van der Waals surface area (Å²) in [6.45, 7) is -0.159. The SMILES string of the molecule is COc1ccc(OCC(=O)N/N=C\c2ccccc2OC)c(Br)c1. The molecule has 0 fully saturated rings. The molecule has 2 aromatic carbocycles. The first-order chi connectivity index (χ1) is 11.6. The van der Waals surface area contributed by atoms with Crippen molar-refractivity contribution in [2.24, 2.45) is 5.10 Å². The molecule has 0 unspecified atom stereocenters. The van der Waals surface area contributed by atoms with Gasteiger partial charge in [0, 0.05) is 5.56 Å². The molecule has 0 saturated heterocycles.